The second-order valence-corrected chi connectivity index (χ2v) is 15.5. The number of nitrogens with one attached hydrogen (secondary N) is 2. The normalized spacial score (nSPS) is 20.1. The highest BCUT2D eigenvalue weighted by molar-refractivity contribution is 6.25. The number of benzene rings is 2. The van der Waals surface area contributed by atoms with Crippen molar-refractivity contribution in [3.63, 3.8) is 0 Å². The van der Waals surface area contributed by atoms with E-state index in [2.05, 4.69) is 37.4 Å². The molecule has 6 amide bonds. The average Bonchev–Trinajstić information content (AvgIpc) is 3.66. The third kappa shape index (κ3) is 8.28. The number of anilines is 2. The van der Waals surface area contributed by atoms with Gasteiger partial charge >= 0.3 is 0 Å². The second-order valence-electron chi connectivity index (χ2n) is 15.5. The maximum Gasteiger partial charge on any atom is 0.262 e. The summed E-state index contributed by atoms with van der Waals surface area (Å²) in [5.74, 6) is -1.62. The number of carbonyl (C=O) groups excluding carboxylic acids is 6. The minimum Gasteiger partial charge on any atom is -0.489 e. The van der Waals surface area contributed by atoms with Gasteiger partial charge in [0.2, 0.25) is 11.8 Å². The van der Waals surface area contributed by atoms with Gasteiger partial charge in [0.1, 0.15) is 11.8 Å². The summed E-state index contributed by atoms with van der Waals surface area (Å²) in [6.45, 7) is 8.15. The number of hydrogen-bond donors (Lipinski definition) is 3. The van der Waals surface area contributed by atoms with E-state index < -0.39 is 29.7 Å². The molecule has 0 saturated carbocycles. The summed E-state index contributed by atoms with van der Waals surface area (Å²) in [4.78, 5) is 90.7. The Balaban J connectivity index is 0.000000183. The van der Waals surface area contributed by atoms with E-state index in [1.165, 1.54) is 12.6 Å². The van der Waals surface area contributed by atoms with Crippen LogP contribution in [0.3, 0.4) is 0 Å². The van der Waals surface area contributed by atoms with Gasteiger partial charge in [-0.2, -0.15) is 0 Å². The van der Waals surface area contributed by atoms with E-state index in [4.69, 9.17) is 10.5 Å². The van der Waals surface area contributed by atoms with E-state index in [9.17, 15) is 28.8 Å². The minimum absolute atomic E-state index is 0.0197. The summed E-state index contributed by atoms with van der Waals surface area (Å²) in [6, 6.07) is 9.84. The summed E-state index contributed by atoms with van der Waals surface area (Å²) in [7, 11) is 2.10. The number of amides is 6. The van der Waals surface area contributed by atoms with Crippen LogP contribution in [0.1, 0.15) is 101 Å². The fourth-order valence-corrected chi connectivity index (χ4v) is 8.10. The van der Waals surface area contributed by atoms with Crippen LogP contribution in [0.2, 0.25) is 0 Å². The lowest BCUT2D eigenvalue weighted by Crippen LogP contribution is -2.54. The Morgan fingerprint density at radius 3 is 2.28 bits per heavy atom. The van der Waals surface area contributed by atoms with Gasteiger partial charge in [-0.3, -0.25) is 39.0 Å². The number of aromatic nitrogens is 2. The Hall–Kier alpha value is -6.16. The molecule has 0 spiro atoms. The predicted molar refractivity (Wildman–Crippen MR) is 215 cm³/mol. The van der Waals surface area contributed by atoms with Crippen molar-refractivity contribution >= 4 is 52.4 Å². The monoisotopic (exact) mass is 791 g/mol. The molecule has 1 atom stereocenters. The van der Waals surface area contributed by atoms with Crippen molar-refractivity contribution in [2.75, 3.05) is 43.4 Å². The van der Waals surface area contributed by atoms with E-state index in [-0.39, 0.29) is 48.2 Å². The molecule has 5 aliphatic heterocycles. The standard InChI is InChI=1S/C24H30N6O3.C18H19N3O4/c1-15(2)33-21-12-18-16(14-30(24(18)32)17-5-9-29(3)10-6-17)11-20(21)28-23(31)19(13-25)22-26-7-4-8-27-22;22-15-7-6-14(16(23)19-15)21-17(24)12-5-4-11(10-13(12)18(21)25)20-8-2-1-3-9-20/h4,7-8,11-13,15,17H,5-6,9-10,14,25H2,1-3H3,(H,28,31);4-5,10,14H,1-3,6-9H2,(H,19,22,23)/b19-13+;. The molecule has 0 aliphatic carbocycles. The van der Waals surface area contributed by atoms with Crippen LogP contribution in [-0.4, -0.2) is 112 Å². The Kier molecular flexibility index (Phi) is 11.8. The molecule has 16 heteroatoms. The third-order valence-corrected chi connectivity index (χ3v) is 11.1. The molecule has 2 aromatic carbocycles. The largest absolute Gasteiger partial charge is 0.489 e. The first-order chi connectivity index (χ1) is 27.9. The average molecular weight is 792 g/mol. The lowest BCUT2D eigenvalue weighted by Gasteiger charge is -2.34. The number of ether oxygens (including phenoxy) is 1. The maximum absolute atomic E-state index is 13.2. The van der Waals surface area contributed by atoms with Crippen LogP contribution in [-0.2, 0) is 20.9 Å². The van der Waals surface area contributed by atoms with E-state index in [0.29, 0.717) is 34.7 Å². The topological polar surface area (TPSA) is 200 Å². The number of imide groups is 2. The molecule has 0 bridgehead atoms. The molecule has 304 valence electrons. The highest BCUT2D eigenvalue weighted by atomic mass is 16.5. The minimum atomic E-state index is -0.913. The van der Waals surface area contributed by atoms with E-state index in [0.717, 1.165) is 68.0 Å². The zero-order chi connectivity index (χ0) is 41.1. The van der Waals surface area contributed by atoms with Gasteiger partial charge in [-0.1, -0.05) is 0 Å². The molecule has 16 nitrogen and oxygen atoms in total. The molecule has 5 aliphatic rings. The number of likely N-dealkylation sites (tertiary alicyclic amines) is 1. The van der Waals surface area contributed by atoms with Gasteiger partial charge in [0.25, 0.3) is 23.6 Å². The highest BCUT2D eigenvalue weighted by Crippen LogP contribution is 2.37. The number of nitrogens with zero attached hydrogens (tertiary/aromatic N) is 6. The first-order valence-electron chi connectivity index (χ1n) is 19.9. The predicted octanol–water partition coefficient (Wildman–Crippen LogP) is 3.33. The Bertz CT molecular complexity index is 2140. The van der Waals surface area contributed by atoms with Crippen molar-refractivity contribution < 1.29 is 33.5 Å². The molecule has 6 heterocycles. The van der Waals surface area contributed by atoms with Crippen molar-refractivity contribution in [2.45, 2.75) is 83.5 Å². The van der Waals surface area contributed by atoms with Gasteiger partial charge in [-0.15, -0.1) is 0 Å². The van der Waals surface area contributed by atoms with E-state index in [1.54, 1.807) is 36.7 Å². The van der Waals surface area contributed by atoms with E-state index >= 15 is 0 Å². The molecule has 3 saturated heterocycles. The third-order valence-electron chi connectivity index (χ3n) is 11.1. The number of carbonyl (C=O) groups is 6. The Labute approximate surface area is 336 Å². The van der Waals surface area contributed by atoms with Crippen LogP contribution >= 0.6 is 0 Å². The van der Waals surface area contributed by atoms with Crippen molar-refractivity contribution in [2.24, 2.45) is 5.73 Å². The summed E-state index contributed by atoms with van der Waals surface area (Å²) in [6.07, 6.45) is 9.80. The van der Waals surface area contributed by atoms with Crippen LogP contribution in [0.4, 0.5) is 11.4 Å². The van der Waals surface area contributed by atoms with Crippen LogP contribution in [0.25, 0.3) is 5.57 Å². The zero-order valence-corrected chi connectivity index (χ0v) is 33.0. The van der Waals surface area contributed by atoms with Crippen LogP contribution in [0, 0.1) is 0 Å². The van der Waals surface area contributed by atoms with Gasteiger partial charge in [0, 0.05) is 61.9 Å². The SMILES string of the molecule is CC(C)Oc1cc2c(cc1NC(=O)/C(=C/N)c1ncccn1)CN(C1CCN(C)CC1)C2=O.O=C1CCC(N2C(=O)c3ccc(N4CCCCC4)cc3C2=O)C(=O)N1. The van der Waals surface area contributed by atoms with Crippen molar-refractivity contribution in [3.8, 4) is 5.75 Å². The highest BCUT2D eigenvalue weighted by Gasteiger charge is 2.45. The first-order valence-corrected chi connectivity index (χ1v) is 19.9. The first kappa shape index (κ1) is 40.1. The lowest BCUT2D eigenvalue weighted by molar-refractivity contribution is -0.136. The fourth-order valence-electron chi connectivity index (χ4n) is 8.10. The van der Waals surface area contributed by atoms with Crippen molar-refractivity contribution in [1.82, 2.24) is 30.0 Å². The number of nitrogens with two attached hydrogens (primary N) is 1. The van der Waals surface area contributed by atoms with Crippen molar-refractivity contribution in [1.29, 1.82) is 0 Å². The quantitative estimate of drug-likeness (QED) is 0.223. The molecule has 3 aromatic rings. The Morgan fingerprint density at radius 2 is 1.60 bits per heavy atom. The summed E-state index contributed by atoms with van der Waals surface area (Å²) in [5.41, 5.74) is 9.46. The number of hydrogen-bond acceptors (Lipinski definition) is 12. The fraction of sp³-hybridized carbons (Fsp3) is 0.429. The molecule has 3 fully saturated rings. The summed E-state index contributed by atoms with van der Waals surface area (Å²) in [5, 5.41) is 5.09. The van der Waals surface area contributed by atoms with E-state index in [1.807, 2.05) is 30.9 Å². The second kappa shape index (κ2) is 17.1. The smallest absolute Gasteiger partial charge is 0.262 e. The maximum atomic E-state index is 13.2. The van der Waals surface area contributed by atoms with Crippen LogP contribution < -0.4 is 26.0 Å². The molecule has 1 aromatic heterocycles. The van der Waals surface area contributed by atoms with Gasteiger partial charge < -0.3 is 30.5 Å². The molecule has 1 unspecified atom stereocenters. The molecular formula is C42H49N9O7. The number of piperidine rings is 3. The molecule has 4 N–H and O–H groups in total. The van der Waals surface area contributed by atoms with Crippen LogP contribution in [0.5, 0.6) is 5.75 Å². The Morgan fingerprint density at radius 1 is 0.897 bits per heavy atom. The summed E-state index contributed by atoms with van der Waals surface area (Å²) >= 11 is 0. The molecule has 0 radical (unpaired) electrons. The lowest BCUT2D eigenvalue weighted by atomic mass is 10.0. The summed E-state index contributed by atoms with van der Waals surface area (Å²) < 4.78 is 5.96. The van der Waals surface area contributed by atoms with Gasteiger partial charge in [0.05, 0.1) is 28.5 Å². The molecular weight excluding hydrogens is 743 g/mol. The van der Waals surface area contributed by atoms with Gasteiger partial charge in [-0.25, -0.2) is 9.97 Å². The zero-order valence-electron chi connectivity index (χ0n) is 33.0. The van der Waals surface area contributed by atoms with Crippen molar-refractivity contribution in [3.05, 3.63) is 83.1 Å². The molecule has 8 rings (SSSR count). The van der Waals surface area contributed by atoms with Gasteiger partial charge in [-0.05, 0) is 114 Å². The number of rotatable bonds is 8. The van der Waals surface area contributed by atoms with Gasteiger partial charge in [0.15, 0.2) is 5.82 Å². The number of fused-ring (bicyclic) bond motifs is 2. The van der Waals surface area contributed by atoms with Crippen LogP contribution in [0.15, 0.2) is 55.0 Å². The molecule has 58 heavy (non-hydrogen) atoms.